The molecule has 2 nitrogen and oxygen atoms in total. The molecular formula is C56H36N2. The first-order chi connectivity index (χ1) is 28.7. The van der Waals surface area contributed by atoms with Crippen LogP contribution in [0.15, 0.2) is 218 Å². The first-order valence-corrected chi connectivity index (χ1v) is 19.8. The molecule has 0 atom stereocenters. The van der Waals surface area contributed by atoms with E-state index in [9.17, 15) is 0 Å². The summed E-state index contributed by atoms with van der Waals surface area (Å²) < 4.78 is 0. The Morgan fingerprint density at radius 3 is 1.12 bits per heavy atom. The Morgan fingerprint density at radius 1 is 0.224 bits per heavy atom. The predicted octanol–water partition coefficient (Wildman–Crippen LogP) is 15.1. The van der Waals surface area contributed by atoms with Crippen LogP contribution in [0.1, 0.15) is 0 Å². The van der Waals surface area contributed by atoms with Crippen LogP contribution in [-0.4, -0.2) is 9.97 Å². The molecular weight excluding hydrogens is 701 g/mol. The third-order valence-electron chi connectivity index (χ3n) is 11.5. The summed E-state index contributed by atoms with van der Waals surface area (Å²) in [7, 11) is 0. The fourth-order valence-electron chi connectivity index (χ4n) is 8.45. The molecule has 0 N–H and O–H groups in total. The van der Waals surface area contributed by atoms with Crippen molar-refractivity contribution in [2.75, 3.05) is 0 Å². The number of hydrogen-bond donors (Lipinski definition) is 0. The molecule has 11 aromatic rings. The number of nitrogens with zero attached hydrogens (tertiary/aromatic N) is 2. The number of pyridine rings is 2. The van der Waals surface area contributed by atoms with E-state index in [-0.39, 0.29) is 0 Å². The van der Waals surface area contributed by atoms with E-state index in [0.717, 1.165) is 49.9 Å². The Morgan fingerprint density at radius 2 is 0.603 bits per heavy atom. The average Bonchev–Trinajstić information content (AvgIpc) is 3.31. The van der Waals surface area contributed by atoms with Crippen LogP contribution in [-0.2, 0) is 0 Å². The maximum atomic E-state index is 5.18. The zero-order valence-electron chi connectivity index (χ0n) is 31.7. The van der Waals surface area contributed by atoms with Gasteiger partial charge in [-0.2, -0.15) is 0 Å². The van der Waals surface area contributed by atoms with Gasteiger partial charge in [-0.3, -0.25) is 0 Å². The molecule has 2 aromatic heterocycles. The highest BCUT2D eigenvalue weighted by atomic mass is 14.8. The van der Waals surface area contributed by atoms with Gasteiger partial charge in [0.15, 0.2) is 0 Å². The maximum Gasteiger partial charge on any atom is 0.0972 e. The van der Waals surface area contributed by atoms with Crippen LogP contribution in [0.4, 0.5) is 0 Å². The molecule has 0 spiro atoms. The van der Waals surface area contributed by atoms with Gasteiger partial charge in [-0.25, -0.2) is 9.97 Å². The monoisotopic (exact) mass is 736 g/mol. The van der Waals surface area contributed by atoms with Crippen molar-refractivity contribution >= 4 is 43.4 Å². The van der Waals surface area contributed by atoms with Crippen LogP contribution in [0.5, 0.6) is 0 Å². The van der Waals surface area contributed by atoms with Gasteiger partial charge in [0, 0.05) is 21.9 Å². The van der Waals surface area contributed by atoms with E-state index < -0.39 is 0 Å². The minimum atomic E-state index is 0.917. The SMILES string of the molecule is c1ccc(-c2ccc3ccc4ccc(-c5ccc(-c6ccc(-c7cc(-c8cccc9ccccc89)cc(-c8cccc9ccccc89)c7)cc6)cc5)nc4c3n2)cc1. The van der Waals surface area contributed by atoms with E-state index in [1.165, 1.54) is 60.5 Å². The van der Waals surface area contributed by atoms with Crippen molar-refractivity contribution in [3.8, 4) is 67.0 Å². The fourth-order valence-corrected chi connectivity index (χ4v) is 8.45. The number of rotatable bonds is 6. The summed E-state index contributed by atoms with van der Waals surface area (Å²) in [5.74, 6) is 0. The van der Waals surface area contributed by atoms with E-state index in [0.29, 0.717) is 0 Å². The summed E-state index contributed by atoms with van der Waals surface area (Å²) in [5, 5.41) is 7.16. The molecule has 0 aliphatic heterocycles. The van der Waals surface area contributed by atoms with Crippen molar-refractivity contribution in [2.45, 2.75) is 0 Å². The molecule has 270 valence electrons. The molecule has 0 aliphatic rings. The van der Waals surface area contributed by atoms with Crippen LogP contribution < -0.4 is 0 Å². The van der Waals surface area contributed by atoms with Crippen molar-refractivity contribution in [1.29, 1.82) is 0 Å². The van der Waals surface area contributed by atoms with Gasteiger partial charge in [0.1, 0.15) is 0 Å². The van der Waals surface area contributed by atoms with E-state index >= 15 is 0 Å². The smallest absolute Gasteiger partial charge is 0.0972 e. The zero-order valence-corrected chi connectivity index (χ0v) is 31.7. The fraction of sp³-hybridized carbons (Fsp3) is 0. The first kappa shape index (κ1) is 33.6. The Balaban J connectivity index is 0.941. The normalized spacial score (nSPS) is 11.4. The molecule has 0 fully saturated rings. The molecule has 58 heavy (non-hydrogen) atoms. The van der Waals surface area contributed by atoms with Crippen LogP contribution in [0, 0.1) is 0 Å². The van der Waals surface area contributed by atoms with E-state index in [2.05, 4.69) is 200 Å². The third-order valence-corrected chi connectivity index (χ3v) is 11.5. The highest BCUT2D eigenvalue weighted by Crippen LogP contribution is 2.39. The first-order valence-electron chi connectivity index (χ1n) is 19.8. The number of fused-ring (bicyclic) bond motifs is 5. The lowest BCUT2D eigenvalue weighted by Crippen LogP contribution is -1.91. The number of benzene rings is 9. The molecule has 0 saturated carbocycles. The van der Waals surface area contributed by atoms with Crippen molar-refractivity contribution in [2.24, 2.45) is 0 Å². The van der Waals surface area contributed by atoms with Gasteiger partial charge < -0.3 is 0 Å². The van der Waals surface area contributed by atoms with Crippen molar-refractivity contribution in [3.05, 3.63) is 218 Å². The predicted molar refractivity (Wildman–Crippen MR) is 245 cm³/mol. The maximum absolute atomic E-state index is 5.18. The zero-order chi connectivity index (χ0) is 38.4. The second-order valence-electron chi connectivity index (χ2n) is 15.0. The van der Waals surface area contributed by atoms with Gasteiger partial charge in [0.25, 0.3) is 0 Å². The lowest BCUT2D eigenvalue weighted by molar-refractivity contribution is 1.36. The molecule has 2 heteroatoms. The highest BCUT2D eigenvalue weighted by molar-refractivity contribution is 6.04. The summed E-state index contributed by atoms with van der Waals surface area (Å²) in [4.78, 5) is 10.3. The molecule has 0 amide bonds. The van der Waals surface area contributed by atoms with Crippen LogP contribution >= 0.6 is 0 Å². The largest absolute Gasteiger partial charge is 0.245 e. The van der Waals surface area contributed by atoms with Gasteiger partial charge in [0.05, 0.1) is 22.4 Å². The quantitative estimate of drug-likeness (QED) is 0.159. The van der Waals surface area contributed by atoms with E-state index in [1.807, 2.05) is 18.2 Å². The molecule has 9 aromatic carbocycles. The number of aromatic nitrogens is 2. The van der Waals surface area contributed by atoms with E-state index in [4.69, 9.17) is 9.97 Å². The minimum absolute atomic E-state index is 0.917. The summed E-state index contributed by atoms with van der Waals surface area (Å²) in [5.41, 5.74) is 15.5. The van der Waals surface area contributed by atoms with Crippen molar-refractivity contribution in [3.63, 3.8) is 0 Å². The Hall–Kier alpha value is -7.68. The Kier molecular flexibility index (Phi) is 8.19. The second kappa shape index (κ2) is 14.1. The molecule has 11 rings (SSSR count). The molecule has 0 unspecified atom stereocenters. The van der Waals surface area contributed by atoms with Gasteiger partial charge in [-0.1, -0.05) is 188 Å². The summed E-state index contributed by atoms with van der Waals surface area (Å²) in [6.07, 6.45) is 0. The average molecular weight is 737 g/mol. The second-order valence-corrected chi connectivity index (χ2v) is 15.0. The van der Waals surface area contributed by atoms with E-state index in [1.54, 1.807) is 0 Å². The van der Waals surface area contributed by atoms with Crippen LogP contribution in [0.3, 0.4) is 0 Å². The molecule has 0 aliphatic carbocycles. The number of hydrogen-bond acceptors (Lipinski definition) is 2. The Labute approximate surface area is 337 Å². The summed E-state index contributed by atoms with van der Waals surface area (Å²) >= 11 is 0. The highest BCUT2D eigenvalue weighted by Gasteiger charge is 2.13. The lowest BCUT2D eigenvalue weighted by atomic mass is 9.89. The van der Waals surface area contributed by atoms with Crippen LogP contribution in [0.25, 0.3) is 110 Å². The standard InChI is InChI=1S/C56H36N2/c1-2-12-42(13-3-1)53-32-30-44-28-29-45-31-33-54(58-56(45)55(44)57-53)43-26-24-38(25-27-43)37-20-22-39(23-21-37)46-34-47(51-18-8-14-40-10-4-6-16-49(40)51)36-48(35-46)52-19-9-15-41-11-5-7-17-50(41)52/h1-36H. The minimum Gasteiger partial charge on any atom is -0.245 e. The Bertz CT molecular complexity index is 3200. The molecule has 0 radical (unpaired) electrons. The van der Waals surface area contributed by atoms with Crippen LogP contribution in [0.2, 0.25) is 0 Å². The topological polar surface area (TPSA) is 25.8 Å². The van der Waals surface area contributed by atoms with Gasteiger partial charge in [0.2, 0.25) is 0 Å². The lowest BCUT2D eigenvalue weighted by Gasteiger charge is -2.15. The van der Waals surface area contributed by atoms with Crippen molar-refractivity contribution in [1.82, 2.24) is 9.97 Å². The summed E-state index contributed by atoms with van der Waals surface area (Å²) in [6, 6.07) is 78.4. The molecule has 0 saturated heterocycles. The van der Waals surface area contributed by atoms with Crippen molar-refractivity contribution < 1.29 is 0 Å². The molecule has 0 bridgehead atoms. The van der Waals surface area contributed by atoms with Gasteiger partial charge in [-0.15, -0.1) is 0 Å². The third kappa shape index (κ3) is 6.09. The molecule has 2 heterocycles. The summed E-state index contributed by atoms with van der Waals surface area (Å²) in [6.45, 7) is 0. The van der Waals surface area contributed by atoms with Gasteiger partial charge in [-0.05, 0) is 96.4 Å². The van der Waals surface area contributed by atoms with Gasteiger partial charge >= 0.3 is 0 Å².